The van der Waals surface area contributed by atoms with Crippen molar-refractivity contribution in [1.29, 1.82) is 0 Å². The molecule has 2 unspecified atom stereocenters. The topological polar surface area (TPSA) is 79.2 Å². The Kier molecular flexibility index (Phi) is 6.25. The number of halogens is 1. The number of hydrogen-bond donors (Lipinski definition) is 4. The van der Waals surface area contributed by atoms with Crippen molar-refractivity contribution in [1.82, 2.24) is 16.0 Å². The molecule has 0 spiro atoms. The van der Waals surface area contributed by atoms with E-state index in [0.29, 0.717) is 24.2 Å². The van der Waals surface area contributed by atoms with Crippen LogP contribution in [0.1, 0.15) is 38.2 Å². The minimum atomic E-state index is -0.490. The van der Waals surface area contributed by atoms with E-state index in [1.54, 1.807) is 6.20 Å². The Balaban J connectivity index is 1.64. The Morgan fingerprint density at radius 2 is 2.15 bits per heavy atom. The first kappa shape index (κ1) is 18.8. The van der Waals surface area contributed by atoms with Crippen LogP contribution < -0.4 is 21.7 Å². The predicted octanol–water partition coefficient (Wildman–Crippen LogP) is 2.89. The summed E-state index contributed by atoms with van der Waals surface area (Å²) < 4.78 is 1.000. The van der Waals surface area contributed by atoms with Crippen LogP contribution in [-0.2, 0) is 11.3 Å². The Bertz CT molecular complexity index is 710. The van der Waals surface area contributed by atoms with Crippen molar-refractivity contribution in [3.05, 3.63) is 58.0 Å². The molecule has 1 aliphatic carbocycles. The van der Waals surface area contributed by atoms with Crippen molar-refractivity contribution in [3.8, 4) is 0 Å². The van der Waals surface area contributed by atoms with Crippen LogP contribution in [0.2, 0.25) is 0 Å². The van der Waals surface area contributed by atoms with Gasteiger partial charge in [-0.15, -0.1) is 0 Å². The third-order valence-corrected chi connectivity index (χ3v) is 5.73. The van der Waals surface area contributed by atoms with Gasteiger partial charge in [-0.1, -0.05) is 40.9 Å². The summed E-state index contributed by atoms with van der Waals surface area (Å²) in [6.45, 7) is 2.66. The quantitative estimate of drug-likeness (QED) is 0.572. The average Bonchev–Trinajstić information content (AvgIpc) is 3.16. The summed E-state index contributed by atoms with van der Waals surface area (Å²) in [6.07, 6.45) is 8.61. The van der Waals surface area contributed by atoms with Gasteiger partial charge >= 0.3 is 0 Å². The van der Waals surface area contributed by atoms with E-state index in [-0.39, 0.29) is 5.91 Å². The van der Waals surface area contributed by atoms with Gasteiger partial charge in [0, 0.05) is 17.1 Å². The van der Waals surface area contributed by atoms with Gasteiger partial charge in [0.1, 0.15) is 6.04 Å². The molecular weight excluding hydrogens is 392 g/mol. The Morgan fingerprint density at radius 1 is 1.38 bits per heavy atom. The second-order valence-corrected chi connectivity index (χ2v) is 8.04. The van der Waals surface area contributed by atoms with Crippen molar-refractivity contribution in [2.24, 2.45) is 11.7 Å². The van der Waals surface area contributed by atoms with Crippen molar-refractivity contribution < 1.29 is 4.79 Å². The highest BCUT2D eigenvalue weighted by molar-refractivity contribution is 9.10. The zero-order valence-corrected chi connectivity index (χ0v) is 16.7. The summed E-state index contributed by atoms with van der Waals surface area (Å²) in [4.78, 5) is 12.8. The van der Waals surface area contributed by atoms with Crippen LogP contribution in [0.3, 0.4) is 0 Å². The highest BCUT2D eigenvalue weighted by Gasteiger charge is 2.29. The van der Waals surface area contributed by atoms with Gasteiger partial charge in [-0.3, -0.25) is 4.79 Å². The normalized spacial score (nSPS) is 21.4. The van der Waals surface area contributed by atoms with Crippen LogP contribution in [0.15, 0.2) is 52.4 Å². The fraction of sp³-hybridized carbons (Fsp3) is 0.450. The average molecular weight is 419 g/mol. The van der Waals surface area contributed by atoms with Gasteiger partial charge in [-0.2, -0.15) is 0 Å². The summed E-state index contributed by atoms with van der Waals surface area (Å²) in [5.74, 6) is 0.560. The Morgan fingerprint density at radius 3 is 2.88 bits per heavy atom. The summed E-state index contributed by atoms with van der Waals surface area (Å²) in [6, 6.07) is 7.73. The third-order valence-electron chi connectivity index (χ3n) is 5.23. The second kappa shape index (κ2) is 8.62. The largest absolute Gasteiger partial charge is 0.397 e. The molecule has 1 amide bonds. The van der Waals surface area contributed by atoms with Crippen LogP contribution >= 0.6 is 15.9 Å². The first-order valence-electron chi connectivity index (χ1n) is 9.25. The molecule has 2 aliphatic rings. The highest BCUT2D eigenvalue weighted by Crippen LogP contribution is 2.28. The second-order valence-electron chi connectivity index (χ2n) is 7.13. The number of benzene rings is 1. The van der Waals surface area contributed by atoms with E-state index in [2.05, 4.69) is 38.8 Å². The number of rotatable bonds is 6. The lowest BCUT2D eigenvalue weighted by molar-refractivity contribution is -0.122. The van der Waals surface area contributed by atoms with Gasteiger partial charge in [0.2, 0.25) is 5.91 Å². The van der Waals surface area contributed by atoms with E-state index in [1.807, 2.05) is 30.3 Å². The number of carbonyl (C=O) groups excluding carboxylic acids is 1. The van der Waals surface area contributed by atoms with Crippen LogP contribution in [0, 0.1) is 5.92 Å². The van der Waals surface area contributed by atoms with Crippen molar-refractivity contribution in [3.63, 3.8) is 0 Å². The molecule has 1 aromatic carbocycles. The predicted molar refractivity (Wildman–Crippen MR) is 108 cm³/mol. The van der Waals surface area contributed by atoms with Crippen LogP contribution in [-0.4, -0.2) is 18.0 Å². The molecule has 0 radical (unpaired) electrons. The van der Waals surface area contributed by atoms with E-state index in [1.165, 1.54) is 25.7 Å². The number of dihydropyridines is 1. The Labute approximate surface area is 163 Å². The molecule has 1 aliphatic heterocycles. The Hall–Kier alpha value is -1.95. The summed E-state index contributed by atoms with van der Waals surface area (Å²) in [5.41, 5.74) is 8.63. The molecule has 0 bridgehead atoms. The van der Waals surface area contributed by atoms with Crippen molar-refractivity contribution in [2.75, 3.05) is 0 Å². The molecule has 0 saturated heterocycles. The first-order chi connectivity index (χ1) is 12.5. The van der Waals surface area contributed by atoms with Gasteiger partial charge < -0.3 is 21.7 Å². The minimum absolute atomic E-state index is 0.0848. The maximum atomic E-state index is 12.8. The van der Waals surface area contributed by atoms with E-state index < -0.39 is 6.04 Å². The minimum Gasteiger partial charge on any atom is -0.397 e. The molecular formula is C20H27BrN4O. The van der Waals surface area contributed by atoms with Crippen molar-refractivity contribution >= 4 is 21.8 Å². The van der Waals surface area contributed by atoms with Crippen LogP contribution in [0.5, 0.6) is 0 Å². The number of amides is 1. The summed E-state index contributed by atoms with van der Waals surface area (Å²) in [7, 11) is 0. The first-order valence-corrected chi connectivity index (χ1v) is 10.0. The molecule has 1 heterocycles. The lowest BCUT2D eigenvalue weighted by atomic mass is 9.98. The van der Waals surface area contributed by atoms with E-state index in [4.69, 9.17) is 5.73 Å². The molecule has 3 rings (SSSR count). The van der Waals surface area contributed by atoms with E-state index in [0.717, 1.165) is 15.7 Å². The lowest BCUT2D eigenvalue weighted by Gasteiger charge is -2.30. The monoisotopic (exact) mass is 418 g/mol. The fourth-order valence-corrected chi connectivity index (χ4v) is 4.15. The molecule has 1 aromatic rings. The smallest absolute Gasteiger partial charge is 0.249 e. The number of carbonyl (C=O) groups is 1. The number of allylic oxidation sites excluding steroid dienone is 1. The third kappa shape index (κ3) is 4.61. The number of nitrogens with one attached hydrogen (secondary N) is 3. The van der Waals surface area contributed by atoms with E-state index in [9.17, 15) is 4.79 Å². The molecule has 2 atom stereocenters. The highest BCUT2D eigenvalue weighted by atomic mass is 79.9. The molecule has 5 N–H and O–H groups in total. The van der Waals surface area contributed by atoms with Gasteiger partial charge in [0.25, 0.3) is 0 Å². The SMILES string of the molecule is CC(NC1=C(N)C=CNC1C(=O)NCc1cccc(Br)c1)C1CCCC1. The van der Waals surface area contributed by atoms with E-state index >= 15 is 0 Å². The number of hydrogen-bond acceptors (Lipinski definition) is 4. The molecule has 0 aromatic heterocycles. The van der Waals surface area contributed by atoms with Gasteiger partial charge in [-0.25, -0.2) is 0 Å². The molecule has 1 saturated carbocycles. The van der Waals surface area contributed by atoms with Gasteiger partial charge in [0.15, 0.2) is 0 Å². The molecule has 6 heteroatoms. The molecule has 26 heavy (non-hydrogen) atoms. The fourth-order valence-electron chi connectivity index (χ4n) is 3.71. The van der Waals surface area contributed by atoms with Gasteiger partial charge in [0.05, 0.1) is 11.4 Å². The van der Waals surface area contributed by atoms with Crippen LogP contribution in [0.4, 0.5) is 0 Å². The lowest BCUT2D eigenvalue weighted by Crippen LogP contribution is -2.51. The maximum absolute atomic E-state index is 12.8. The van der Waals surface area contributed by atoms with Crippen LogP contribution in [0.25, 0.3) is 0 Å². The van der Waals surface area contributed by atoms with Gasteiger partial charge in [-0.05, 0) is 55.7 Å². The molecule has 1 fully saturated rings. The standard InChI is InChI=1S/C20H27BrN4O/c1-13(15-6-2-3-7-15)25-18-17(22)9-10-23-19(18)20(26)24-12-14-5-4-8-16(21)11-14/h4-5,8-11,13,15,19,23,25H,2-3,6-7,12,22H2,1H3,(H,24,26). The zero-order valence-electron chi connectivity index (χ0n) is 15.1. The maximum Gasteiger partial charge on any atom is 0.249 e. The number of nitrogens with two attached hydrogens (primary N) is 1. The summed E-state index contributed by atoms with van der Waals surface area (Å²) >= 11 is 3.45. The summed E-state index contributed by atoms with van der Waals surface area (Å²) in [5, 5.41) is 9.67. The zero-order chi connectivity index (χ0) is 18.5. The molecule has 5 nitrogen and oxygen atoms in total. The van der Waals surface area contributed by atoms with Crippen molar-refractivity contribution in [2.45, 2.75) is 51.2 Å². The molecule has 140 valence electrons.